The molecule has 1 aromatic heterocycles. The van der Waals surface area contributed by atoms with E-state index in [9.17, 15) is 0 Å². The monoisotopic (exact) mass is 311 g/mol. The molecule has 0 unspecified atom stereocenters. The van der Waals surface area contributed by atoms with Gasteiger partial charge >= 0.3 is 0 Å². The van der Waals surface area contributed by atoms with E-state index in [0.29, 0.717) is 6.04 Å². The fraction of sp³-hybridized carbons (Fsp3) is 0.385. The summed E-state index contributed by atoms with van der Waals surface area (Å²) in [7, 11) is 0. The number of nitrogens with zero attached hydrogens (tertiary/aromatic N) is 2. The maximum atomic E-state index is 6.32. The van der Waals surface area contributed by atoms with E-state index >= 15 is 0 Å². The lowest BCUT2D eigenvalue weighted by Crippen LogP contribution is -2.16. The first-order valence-corrected chi connectivity index (χ1v) is 8.22. The molecule has 6 heteroatoms. The Morgan fingerprint density at radius 2 is 2.26 bits per heavy atom. The van der Waals surface area contributed by atoms with Crippen LogP contribution in [0.5, 0.6) is 0 Å². The molecule has 3 rings (SSSR count). The summed E-state index contributed by atoms with van der Waals surface area (Å²) in [5.74, 6) is 0. The Labute approximate surface area is 125 Å². The highest BCUT2D eigenvalue weighted by Gasteiger charge is 2.21. The lowest BCUT2D eigenvalue weighted by Gasteiger charge is -2.10. The van der Waals surface area contributed by atoms with Crippen LogP contribution in [0, 0.1) is 6.92 Å². The third-order valence-corrected chi connectivity index (χ3v) is 5.27. The van der Waals surface area contributed by atoms with E-state index in [1.54, 1.807) is 23.1 Å². The molecular weight excluding hydrogens is 298 g/mol. The average Bonchev–Trinajstić information content (AvgIpc) is 3.12. The van der Waals surface area contributed by atoms with Gasteiger partial charge in [0.15, 0.2) is 4.34 Å². The first-order chi connectivity index (χ1) is 9.22. The summed E-state index contributed by atoms with van der Waals surface area (Å²) in [6.45, 7) is 2.79. The predicted molar refractivity (Wildman–Crippen MR) is 80.1 cm³/mol. The third-order valence-electron chi connectivity index (χ3n) is 2.93. The minimum Gasteiger partial charge on any atom is -0.310 e. The summed E-state index contributed by atoms with van der Waals surface area (Å²) in [5, 5.41) is 13.5. The molecule has 0 spiro atoms. The number of halogens is 1. The maximum Gasteiger partial charge on any atom is 0.179 e. The summed E-state index contributed by atoms with van der Waals surface area (Å²) >= 11 is 9.57. The fourth-order valence-electron chi connectivity index (χ4n) is 1.75. The predicted octanol–water partition coefficient (Wildman–Crippen LogP) is 3.90. The summed E-state index contributed by atoms with van der Waals surface area (Å²) in [5.41, 5.74) is 1.16. The highest BCUT2D eigenvalue weighted by molar-refractivity contribution is 8.01. The van der Waals surface area contributed by atoms with Gasteiger partial charge in [-0.25, -0.2) is 0 Å². The highest BCUT2D eigenvalue weighted by Crippen LogP contribution is 2.35. The first-order valence-electron chi connectivity index (χ1n) is 6.21. The molecule has 19 heavy (non-hydrogen) atoms. The van der Waals surface area contributed by atoms with E-state index in [1.807, 2.05) is 19.1 Å². The van der Waals surface area contributed by atoms with E-state index in [2.05, 4.69) is 21.6 Å². The summed E-state index contributed by atoms with van der Waals surface area (Å²) < 4.78 is 0.965. The van der Waals surface area contributed by atoms with Crippen LogP contribution in [0.2, 0.25) is 5.02 Å². The van der Waals surface area contributed by atoms with E-state index < -0.39 is 0 Å². The molecule has 1 N–H and O–H groups in total. The van der Waals surface area contributed by atoms with Gasteiger partial charge in [0.25, 0.3) is 0 Å². The van der Waals surface area contributed by atoms with Crippen molar-refractivity contribution in [3.05, 3.63) is 33.8 Å². The number of aromatic nitrogens is 2. The number of benzene rings is 1. The van der Waals surface area contributed by atoms with E-state index in [0.717, 1.165) is 31.4 Å². The average molecular weight is 312 g/mol. The van der Waals surface area contributed by atoms with E-state index in [4.69, 9.17) is 11.6 Å². The van der Waals surface area contributed by atoms with Crippen molar-refractivity contribution in [1.82, 2.24) is 15.5 Å². The second kappa shape index (κ2) is 5.79. The Kier molecular flexibility index (Phi) is 4.07. The lowest BCUT2D eigenvalue weighted by molar-refractivity contribution is 0.680. The minimum absolute atomic E-state index is 0.679. The SMILES string of the molecule is Cc1nnc(Sc2cccc(Cl)c2CNC2CC2)s1. The Bertz CT molecular complexity index is 581. The summed E-state index contributed by atoms with van der Waals surface area (Å²) in [4.78, 5) is 1.16. The van der Waals surface area contributed by atoms with Crippen LogP contribution in [0.25, 0.3) is 0 Å². The van der Waals surface area contributed by atoms with Crippen LogP contribution in [0.3, 0.4) is 0 Å². The van der Waals surface area contributed by atoms with Gasteiger partial charge in [0.2, 0.25) is 0 Å². The van der Waals surface area contributed by atoms with Crippen LogP contribution in [-0.2, 0) is 6.54 Å². The number of nitrogens with one attached hydrogen (secondary N) is 1. The topological polar surface area (TPSA) is 37.8 Å². The molecule has 0 saturated heterocycles. The van der Waals surface area contributed by atoms with Gasteiger partial charge in [-0.2, -0.15) is 0 Å². The normalized spacial score (nSPS) is 14.8. The molecule has 3 nitrogen and oxygen atoms in total. The Hall–Kier alpha value is -0.620. The van der Waals surface area contributed by atoms with Crippen molar-refractivity contribution in [1.29, 1.82) is 0 Å². The molecule has 2 aromatic rings. The van der Waals surface area contributed by atoms with Crippen LogP contribution in [0.1, 0.15) is 23.4 Å². The third kappa shape index (κ3) is 3.48. The van der Waals surface area contributed by atoms with Crippen molar-refractivity contribution in [2.45, 2.75) is 41.6 Å². The van der Waals surface area contributed by atoms with Crippen molar-refractivity contribution >= 4 is 34.7 Å². The number of rotatable bonds is 5. The van der Waals surface area contributed by atoms with Crippen molar-refractivity contribution < 1.29 is 0 Å². The standard InChI is InChI=1S/C13H14ClN3S2/c1-8-16-17-13(18-8)19-12-4-2-3-11(14)10(12)7-15-9-5-6-9/h2-4,9,15H,5-7H2,1H3. The van der Waals surface area contributed by atoms with Crippen molar-refractivity contribution in [2.75, 3.05) is 0 Å². The fourth-order valence-corrected chi connectivity index (χ4v) is 3.99. The van der Waals surface area contributed by atoms with Gasteiger partial charge in [-0.05, 0) is 37.5 Å². The van der Waals surface area contributed by atoms with Gasteiger partial charge in [0.05, 0.1) is 0 Å². The highest BCUT2D eigenvalue weighted by atomic mass is 35.5. The smallest absolute Gasteiger partial charge is 0.179 e. The Balaban J connectivity index is 1.80. The second-order valence-corrected chi connectivity index (χ2v) is 7.44. The molecule has 1 aliphatic rings. The largest absolute Gasteiger partial charge is 0.310 e. The maximum absolute atomic E-state index is 6.32. The van der Waals surface area contributed by atoms with Crippen LogP contribution in [0.15, 0.2) is 27.4 Å². The Morgan fingerprint density at radius 1 is 1.42 bits per heavy atom. The second-order valence-electron chi connectivity index (χ2n) is 4.56. The van der Waals surface area contributed by atoms with Crippen LogP contribution in [0.4, 0.5) is 0 Å². The number of hydrogen-bond acceptors (Lipinski definition) is 5. The molecule has 1 aliphatic carbocycles. The van der Waals surface area contributed by atoms with Crippen molar-refractivity contribution in [2.24, 2.45) is 0 Å². The number of aryl methyl sites for hydroxylation is 1. The zero-order valence-electron chi connectivity index (χ0n) is 10.5. The molecular formula is C13H14ClN3S2. The van der Waals surface area contributed by atoms with Gasteiger partial charge in [0, 0.05) is 22.5 Å². The summed E-state index contributed by atoms with van der Waals surface area (Å²) in [6.07, 6.45) is 2.56. The zero-order chi connectivity index (χ0) is 13.2. The molecule has 0 bridgehead atoms. The summed E-state index contributed by atoms with van der Waals surface area (Å²) in [6, 6.07) is 6.70. The van der Waals surface area contributed by atoms with Crippen LogP contribution < -0.4 is 5.32 Å². The molecule has 100 valence electrons. The molecule has 1 saturated carbocycles. The van der Waals surface area contributed by atoms with Gasteiger partial charge < -0.3 is 5.32 Å². The molecule has 0 aliphatic heterocycles. The minimum atomic E-state index is 0.679. The van der Waals surface area contributed by atoms with Gasteiger partial charge in [-0.1, -0.05) is 40.8 Å². The van der Waals surface area contributed by atoms with E-state index in [1.165, 1.54) is 12.8 Å². The molecule has 1 heterocycles. The molecule has 0 radical (unpaired) electrons. The van der Waals surface area contributed by atoms with Gasteiger partial charge in [-0.3, -0.25) is 0 Å². The van der Waals surface area contributed by atoms with Crippen molar-refractivity contribution in [3.8, 4) is 0 Å². The quantitative estimate of drug-likeness (QED) is 0.908. The van der Waals surface area contributed by atoms with Crippen molar-refractivity contribution in [3.63, 3.8) is 0 Å². The zero-order valence-corrected chi connectivity index (χ0v) is 12.9. The number of hydrogen-bond donors (Lipinski definition) is 1. The van der Waals surface area contributed by atoms with Gasteiger partial charge in [-0.15, -0.1) is 10.2 Å². The van der Waals surface area contributed by atoms with Crippen LogP contribution >= 0.6 is 34.7 Å². The van der Waals surface area contributed by atoms with Gasteiger partial charge in [0.1, 0.15) is 5.01 Å². The molecule has 0 amide bonds. The van der Waals surface area contributed by atoms with Crippen LogP contribution in [-0.4, -0.2) is 16.2 Å². The molecule has 1 fully saturated rings. The Morgan fingerprint density at radius 3 is 2.95 bits per heavy atom. The first kappa shape index (κ1) is 13.4. The van der Waals surface area contributed by atoms with E-state index in [-0.39, 0.29) is 0 Å². The molecule has 0 atom stereocenters. The lowest BCUT2D eigenvalue weighted by atomic mass is 10.2. The molecule has 1 aromatic carbocycles.